The van der Waals surface area contributed by atoms with Crippen molar-refractivity contribution in [3.05, 3.63) is 0 Å². The van der Waals surface area contributed by atoms with Gasteiger partial charge in [-0.3, -0.25) is 4.79 Å². The van der Waals surface area contributed by atoms with Gasteiger partial charge in [0.2, 0.25) is 5.91 Å². The second-order valence-corrected chi connectivity index (χ2v) is 4.95. The van der Waals surface area contributed by atoms with E-state index in [9.17, 15) is 9.90 Å². The zero-order chi connectivity index (χ0) is 12.0. The van der Waals surface area contributed by atoms with Gasteiger partial charge in [0.05, 0.1) is 6.10 Å². The van der Waals surface area contributed by atoms with Crippen LogP contribution < -0.4 is 5.32 Å². The molecule has 1 rings (SSSR count). The monoisotopic (exact) mass is 227 g/mol. The lowest BCUT2D eigenvalue weighted by molar-refractivity contribution is -0.123. The quantitative estimate of drug-likeness (QED) is 0.699. The van der Waals surface area contributed by atoms with Crippen molar-refractivity contribution in [2.45, 2.75) is 58.5 Å². The van der Waals surface area contributed by atoms with Crippen LogP contribution in [0, 0.1) is 11.8 Å². The largest absolute Gasteiger partial charge is 0.391 e. The van der Waals surface area contributed by atoms with Gasteiger partial charge < -0.3 is 10.4 Å². The van der Waals surface area contributed by atoms with E-state index in [0.29, 0.717) is 24.8 Å². The molecule has 0 radical (unpaired) electrons. The topological polar surface area (TPSA) is 49.3 Å². The summed E-state index contributed by atoms with van der Waals surface area (Å²) in [6.07, 6.45) is 5.86. The Morgan fingerprint density at radius 1 is 1.38 bits per heavy atom. The fourth-order valence-electron chi connectivity index (χ4n) is 2.25. The first-order valence-corrected chi connectivity index (χ1v) is 6.62. The summed E-state index contributed by atoms with van der Waals surface area (Å²) in [6, 6.07) is 0. The maximum atomic E-state index is 11.5. The van der Waals surface area contributed by atoms with E-state index in [-0.39, 0.29) is 12.0 Å². The lowest BCUT2D eigenvalue weighted by atomic mass is 9.83. The van der Waals surface area contributed by atoms with Crippen LogP contribution in [0.2, 0.25) is 0 Å². The van der Waals surface area contributed by atoms with Gasteiger partial charge in [0.25, 0.3) is 0 Å². The summed E-state index contributed by atoms with van der Waals surface area (Å²) < 4.78 is 0. The molecule has 1 aliphatic rings. The first-order valence-electron chi connectivity index (χ1n) is 6.62. The fraction of sp³-hybridized carbons (Fsp3) is 0.923. The summed E-state index contributed by atoms with van der Waals surface area (Å²) in [5, 5.41) is 12.7. The van der Waals surface area contributed by atoms with E-state index in [1.54, 1.807) is 0 Å². The smallest absolute Gasteiger partial charge is 0.220 e. The zero-order valence-corrected chi connectivity index (χ0v) is 10.5. The van der Waals surface area contributed by atoms with E-state index in [1.807, 2.05) is 0 Å². The molecule has 3 heteroatoms. The van der Waals surface area contributed by atoms with Gasteiger partial charge in [-0.05, 0) is 24.7 Å². The van der Waals surface area contributed by atoms with Gasteiger partial charge in [0.1, 0.15) is 0 Å². The van der Waals surface area contributed by atoms with Crippen LogP contribution in [0.15, 0.2) is 0 Å². The van der Waals surface area contributed by atoms with Crippen molar-refractivity contribution in [2.75, 3.05) is 6.54 Å². The third kappa shape index (κ3) is 4.12. The fourth-order valence-corrected chi connectivity index (χ4v) is 2.25. The lowest BCUT2D eigenvalue weighted by Crippen LogP contribution is -2.37. The minimum atomic E-state index is -0.389. The molecule has 1 aliphatic carbocycles. The minimum Gasteiger partial charge on any atom is -0.391 e. The molecule has 0 saturated heterocycles. The van der Waals surface area contributed by atoms with E-state index >= 15 is 0 Å². The van der Waals surface area contributed by atoms with Crippen molar-refractivity contribution in [1.29, 1.82) is 0 Å². The second kappa shape index (κ2) is 6.89. The van der Waals surface area contributed by atoms with Crippen molar-refractivity contribution in [2.24, 2.45) is 11.8 Å². The van der Waals surface area contributed by atoms with Crippen molar-refractivity contribution in [1.82, 2.24) is 5.32 Å². The third-order valence-corrected chi connectivity index (χ3v) is 3.80. The number of rotatable bonds is 7. The van der Waals surface area contributed by atoms with Crippen LogP contribution in [0.25, 0.3) is 0 Å². The van der Waals surface area contributed by atoms with Gasteiger partial charge in [-0.2, -0.15) is 0 Å². The Morgan fingerprint density at radius 3 is 2.44 bits per heavy atom. The molecule has 1 unspecified atom stereocenters. The van der Waals surface area contributed by atoms with Crippen molar-refractivity contribution < 1.29 is 9.90 Å². The summed E-state index contributed by atoms with van der Waals surface area (Å²) >= 11 is 0. The minimum absolute atomic E-state index is 0.106. The number of aliphatic hydroxyl groups excluding tert-OH is 1. The Balaban J connectivity index is 2.14. The normalized spacial score (nSPS) is 18.2. The molecule has 0 bridgehead atoms. The van der Waals surface area contributed by atoms with Gasteiger partial charge >= 0.3 is 0 Å². The SMILES string of the molecule is CCC(CC)C(O)CNC(=O)CC1CCC1. The van der Waals surface area contributed by atoms with E-state index < -0.39 is 0 Å². The third-order valence-electron chi connectivity index (χ3n) is 3.80. The first-order chi connectivity index (χ1) is 7.67. The molecule has 3 nitrogen and oxygen atoms in total. The van der Waals surface area contributed by atoms with Gasteiger partial charge in [0.15, 0.2) is 0 Å². The maximum absolute atomic E-state index is 11.5. The molecule has 0 aromatic rings. The molecule has 1 amide bonds. The highest BCUT2D eigenvalue weighted by Crippen LogP contribution is 2.29. The number of nitrogens with one attached hydrogen (secondary N) is 1. The zero-order valence-electron chi connectivity index (χ0n) is 10.5. The molecule has 2 N–H and O–H groups in total. The van der Waals surface area contributed by atoms with Crippen LogP contribution in [-0.2, 0) is 4.79 Å². The van der Waals surface area contributed by atoms with Crippen LogP contribution in [0.4, 0.5) is 0 Å². The first kappa shape index (κ1) is 13.5. The standard InChI is InChI=1S/C13H25NO2/c1-3-11(4-2)12(15)9-14-13(16)8-10-6-5-7-10/h10-12,15H,3-9H2,1-2H3,(H,14,16). The number of aliphatic hydroxyl groups is 1. The Morgan fingerprint density at radius 2 is 2.00 bits per heavy atom. The number of hydrogen-bond acceptors (Lipinski definition) is 2. The summed E-state index contributed by atoms with van der Waals surface area (Å²) in [6.45, 7) is 4.57. The van der Waals surface area contributed by atoms with Crippen LogP contribution >= 0.6 is 0 Å². The molecule has 1 saturated carbocycles. The summed E-state index contributed by atoms with van der Waals surface area (Å²) in [5.74, 6) is 1.02. The van der Waals surface area contributed by atoms with Gasteiger partial charge in [-0.1, -0.05) is 33.1 Å². The highest BCUT2D eigenvalue weighted by Gasteiger charge is 2.21. The maximum Gasteiger partial charge on any atom is 0.220 e. The summed E-state index contributed by atoms with van der Waals surface area (Å²) in [5.41, 5.74) is 0. The van der Waals surface area contributed by atoms with Crippen LogP contribution in [0.1, 0.15) is 52.4 Å². The molecule has 0 aliphatic heterocycles. The Hall–Kier alpha value is -0.570. The van der Waals surface area contributed by atoms with Gasteiger partial charge in [-0.15, -0.1) is 0 Å². The van der Waals surface area contributed by atoms with Crippen molar-refractivity contribution >= 4 is 5.91 Å². The molecule has 0 spiro atoms. The lowest BCUT2D eigenvalue weighted by Gasteiger charge is -2.25. The van der Waals surface area contributed by atoms with Crippen LogP contribution in [0.3, 0.4) is 0 Å². The molecule has 1 atom stereocenters. The Bertz CT molecular complexity index is 210. The van der Waals surface area contributed by atoms with Crippen LogP contribution in [-0.4, -0.2) is 23.7 Å². The van der Waals surface area contributed by atoms with Gasteiger partial charge in [-0.25, -0.2) is 0 Å². The number of carbonyl (C=O) groups excluding carboxylic acids is 1. The predicted octanol–water partition coefficient (Wildman–Crippen LogP) is 2.09. The number of amides is 1. The van der Waals surface area contributed by atoms with Crippen molar-refractivity contribution in [3.63, 3.8) is 0 Å². The number of carbonyl (C=O) groups is 1. The highest BCUT2D eigenvalue weighted by atomic mass is 16.3. The van der Waals surface area contributed by atoms with E-state index in [0.717, 1.165) is 12.8 Å². The van der Waals surface area contributed by atoms with E-state index in [1.165, 1.54) is 19.3 Å². The molecule has 0 heterocycles. The molecular weight excluding hydrogens is 202 g/mol. The Kier molecular flexibility index (Phi) is 5.81. The molecule has 0 aromatic heterocycles. The molecule has 16 heavy (non-hydrogen) atoms. The average Bonchev–Trinajstić information content (AvgIpc) is 2.22. The predicted molar refractivity (Wildman–Crippen MR) is 65.0 cm³/mol. The molecular formula is C13H25NO2. The van der Waals surface area contributed by atoms with E-state index in [4.69, 9.17) is 0 Å². The second-order valence-electron chi connectivity index (χ2n) is 4.95. The highest BCUT2D eigenvalue weighted by molar-refractivity contribution is 5.76. The molecule has 0 aromatic carbocycles. The Labute approximate surface area is 98.6 Å². The van der Waals surface area contributed by atoms with Crippen molar-refractivity contribution in [3.8, 4) is 0 Å². The van der Waals surface area contributed by atoms with Crippen LogP contribution in [0.5, 0.6) is 0 Å². The van der Waals surface area contributed by atoms with E-state index in [2.05, 4.69) is 19.2 Å². The summed E-state index contributed by atoms with van der Waals surface area (Å²) in [4.78, 5) is 11.5. The van der Waals surface area contributed by atoms with Gasteiger partial charge in [0, 0.05) is 13.0 Å². The number of hydrogen-bond donors (Lipinski definition) is 2. The molecule has 1 fully saturated rings. The molecule has 94 valence electrons. The summed E-state index contributed by atoms with van der Waals surface area (Å²) in [7, 11) is 0. The average molecular weight is 227 g/mol.